The molecule has 0 atom stereocenters. The first-order chi connectivity index (χ1) is 11.9. The predicted octanol–water partition coefficient (Wildman–Crippen LogP) is 1.45. The van der Waals surface area contributed by atoms with Crippen LogP contribution in [0.25, 0.3) is 5.57 Å². The summed E-state index contributed by atoms with van der Waals surface area (Å²) in [5.41, 5.74) is 4.91. The molecule has 8 heteroatoms. The van der Waals surface area contributed by atoms with Crippen molar-refractivity contribution >= 4 is 21.3 Å². The highest BCUT2D eigenvalue weighted by Crippen LogP contribution is 2.37. The summed E-state index contributed by atoms with van der Waals surface area (Å²) < 4.78 is 25.4. The van der Waals surface area contributed by atoms with Gasteiger partial charge < -0.3 is 5.11 Å². The van der Waals surface area contributed by atoms with Gasteiger partial charge in [-0.25, -0.2) is 13.4 Å². The van der Waals surface area contributed by atoms with E-state index in [0.717, 1.165) is 21.8 Å². The maximum Gasteiger partial charge on any atom is 0.239 e. The molecule has 0 saturated carbocycles. The summed E-state index contributed by atoms with van der Waals surface area (Å²) in [4.78, 5) is 4.48. The van der Waals surface area contributed by atoms with E-state index in [1.165, 1.54) is 4.31 Å². The molecule has 130 valence electrons. The first-order valence-electron chi connectivity index (χ1n) is 7.76. The molecule has 2 aliphatic rings. The molecule has 25 heavy (non-hydrogen) atoms. The predicted molar refractivity (Wildman–Crippen MR) is 92.0 cm³/mol. The van der Waals surface area contributed by atoms with Crippen molar-refractivity contribution in [1.82, 2.24) is 10.0 Å². The lowest BCUT2D eigenvalue weighted by Crippen LogP contribution is -2.20. The molecule has 2 N–H and O–H groups in total. The number of sulfonamides is 1. The van der Waals surface area contributed by atoms with Gasteiger partial charge in [0, 0.05) is 24.4 Å². The van der Waals surface area contributed by atoms with E-state index in [2.05, 4.69) is 4.98 Å². The minimum absolute atomic E-state index is 0.0419. The number of hydrogen-bond donors (Lipinski definition) is 2. The molecule has 4 rings (SSSR count). The van der Waals surface area contributed by atoms with Crippen LogP contribution in [0.4, 0.5) is 5.69 Å². The summed E-state index contributed by atoms with van der Waals surface area (Å²) in [7, 11) is -1.77. The summed E-state index contributed by atoms with van der Waals surface area (Å²) in [6.45, 7) is 0.135. The Morgan fingerprint density at radius 2 is 2.00 bits per heavy atom. The molecule has 0 fully saturated rings. The number of rotatable bonds is 2. The molecule has 1 aromatic heterocycles. The lowest BCUT2D eigenvalue weighted by Gasteiger charge is -2.24. The van der Waals surface area contributed by atoms with Crippen LogP contribution in [0, 0.1) is 0 Å². The Labute approximate surface area is 145 Å². The fourth-order valence-corrected chi connectivity index (χ4v) is 4.53. The maximum atomic E-state index is 12.1. The fourth-order valence-electron chi connectivity index (χ4n) is 3.24. The number of nitrogens with zero attached hydrogens (tertiary/aromatic N) is 3. The van der Waals surface area contributed by atoms with Gasteiger partial charge in [0.2, 0.25) is 10.0 Å². The zero-order chi connectivity index (χ0) is 17.8. The highest BCUT2D eigenvalue weighted by atomic mass is 32.2. The number of aromatic nitrogens is 1. The minimum atomic E-state index is -3.31. The summed E-state index contributed by atoms with van der Waals surface area (Å²) in [5, 5.41) is 20.4. The van der Waals surface area contributed by atoms with Crippen molar-refractivity contribution in [3.8, 4) is 0 Å². The van der Waals surface area contributed by atoms with Crippen LogP contribution in [0.1, 0.15) is 28.1 Å². The van der Waals surface area contributed by atoms with E-state index < -0.39 is 10.0 Å². The Balaban J connectivity index is 1.84. The number of hydrogen-bond acceptors (Lipinski definition) is 6. The van der Waals surface area contributed by atoms with Crippen molar-refractivity contribution in [2.24, 2.45) is 0 Å². The SMILES string of the molecule is CN1c2ccc(C3=CN(O)Cc4ccc(CO)nc43)cc2CS1(=O)=O. The van der Waals surface area contributed by atoms with Crippen LogP contribution >= 0.6 is 0 Å². The van der Waals surface area contributed by atoms with E-state index in [0.29, 0.717) is 29.2 Å². The molecule has 1 aromatic carbocycles. The Morgan fingerprint density at radius 1 is 1.20 bits per heavy atom. The molecule has 3 heterocycles. The number of fused-ring (bicyclic) bond motifs is 2. The van der Waals surface area contributed by atoms with E-state index in [9.17, 15) is 18.7 Å². The second-order valence-corrected chi connectivity index (χ2v) is 8.18. The third-order valence-corrected chi connectivity index (χ3v) is 6.26. The molecule has 2 aromatic rings. The third kappa shape index (κ3) is 2.58. The highest BCUT2D eigenvalue weighted by molar-refractivity contribution is 7.92. The lowest BCUT2D eigenvalue weighted by atomic mass is 9.95. The van der Waals surface area contributed by atoms with Gasteiger partial charge >= 0.3 is 0 Å². The molecule has 0 saturated heterocycles. The molecule has 0 bridgehead atoms. The number of aliphatic hydroxyl groups excluding tert-OH is 1. The van der Waals surface area contributed by atoms with Gasteiger partial charge in [0.25, 0.3) is 0 Å². The van der Waals surface area contributed by atoms with Crippen LogP contribution in [0.15, 0.2) is 36.5 Å². The van der Waals surface area contributed by atoms with Crippen molar-refractivity contribution in [2.45, 2.75) is 18.9 Å². The number of pyridine rings is 1. The molecule has 0 aliphatic carbocycles. The van der Waals surface area contributed by atoms with Crippen molar-refractivity contribution in [2.75, 3.05) is 11.4 Å². The largest absolute Gasteiger partial charge is 0.390 e. The van der Waals surface area contributed by atoms with Gasteiger partial charge in [0.1, 0.15) is 0 Å². The Morgan fingerprint density at radius 3 is 2.76 bits per heavy atom. The number of benzene rings is 1. The fraction of sp³-hybridized carbons (Fsp3) is 0.235. The van der Waals surface area contributed by atoms with Gasteiger partial charge in [-0.05, 0) is 29.3 Å². The Kier molecular flexibility index (Phi) is 3.57. The van der Waals surface area contributed by atoms with Crippen LogP contribution in [0.5, 0.6) is 0 Å². The Hall–Kier alpha value is -2.42. The highest BCUT2D eigenvalue weighted by Gasteiger charge is 2.31. The molecule has 0 radical (unpaired) electrons. The van der Waals surface area contributed by atoms with E-state index in [-0.39, 0.29) is 12.4 Å². The van der Waals surface area contributed by atoms with Crippen molar-refractivity contribution in [1.29, 1.82) is 0 Å². The zero-order valence-corrected chi connectivity index (χ0v) is 14.4. The topological polar surface area (TPSA) is 94.0 Å². The first-order valence-corrected chi connectivity index (χ1v) is 9.37. The molecule has 0 amide bonds. The van der Waals surface area contributed by atoms with Crippen molar-refractivity contribution in [3.63, 3.8) is 0 Å². The molecular weight excluding hydrogens is 342 g/mol. The molecule has 2 aliphatic heterocycles. The van der Waals surface area contributed by atoms with Gasteiger partial charge in [0.15, 0.2) is 0 Å². The maximum absolute atomic E-state index is 12.1. The van der Waals surface area contributed by atoms with Crippen LogP contribution in [0.3, 0.4) is 0 Å². The molecule has 0 unspecified atom stereocenters. The van der Waals surface area contributed by atoms with Gasteiger partial charge in [-0.3, -0.25) is 14.6 Å². The third-order valence-electron chi connectivity index (χ3n) is 4.55. The van der Waals surface area contributed by atoms with E-state index in [4.69, 9.17) is 0 Å². The van der Waals surface area contributed by atoms with E-state index in [1.807, 2.05) is 18.2 Å². The quantitative estimate of drug-likeness (QED) is 0.843. The number of hydroxylamine groups is 2. The van der Waals surface area contributed by atoms with Crippen LogP contribution in [-0.2, 0) is 28.9 Å². The lowest BCUT2D eigenvalue weighted by molar-refractivity contribution is -0.0501. The van der Waals surface area contributed by atoms with Crippen LogP contribution in [-0.4, -0.2) is 35.8 Å². The normalized spacial score (nSPS) is 18.0. The van der Waals surface area contributed by atoms with Crippen LogP contribution < -0.4 is 4.31 Å². The average Bonchev–Trinajstić information content (AvgIpc) is 2.82. The van der Waals surface area contributed by atoms with Gasteiger partial charge in [-0.2, -0.15) is 0 Å². The van der Waals surface area contributed by atoms with E-state index >= 15 is 0 Å². The van der Waals surface area contributed by atoms with Crippen LogP contribution in [0.2, 0.25) is 0 Å². The zero-order valence-electron chi connectivity index (χ0n) is 13.5. The summed E-state index contributed by atoms with van der Waals surface area (Å²) >= 11 is 0. The van der Waals surface area contributed by atoms with Crippen molar-refractivity contribution in [3.05, 3.63) is 64.6 Å². The monoisotopic (exact) mass is 359 g/mol. The van der Waals surface area contributed by atoms with Gasteiger partial charge in [0.05, 0.1) is 36.0 Å². The van der Waals surface area contributed by atoms with Crippen molar-refractivity contribution < 1.29 is 18.7 Å². The summed E-state index contributed by atoms with van der Waals surface area (Å²) in [6.07, 6.45) is 1.57. The molecule has 0 spiro atoms. The Bertz CT molecular complexity index is 1000. The van der Waals surface area contributed by atoms with Gasteiger partial charge in [-0.15, -0.1) is 0 Å². The smallest absolute Gasteiger partial charge is 0.239 e. The molecule has 7 nitrogen and oxygen atoms in total. The minimum Gasteiger partial charge on any atom is -0.390 e. The standard InChI is InChI=1S/C17H17N3O4S/c1-19-16-5-3-11(6-13(16)10-25(19,23)24)15-8-20(22)7-12-2-4-14(9-21)18-17(12)15/h2-6,8,21-22H,7,9-10H2,1H3. The second kappa shape index (κ2) is 5.55. The number of aliphatic hydroxyl groups is 1. The average molecular weight is 359 g/mol. The number of anilines is 1. The summed E-state index contributed by atoms with van der Waals surface area (Å²) in [6, 6.07) is 8.95. The summed E-state index contributed by atoms with van der Waals surface area (Å²) in [5.74, 6) is -0.0419. The first kappa shape index (κ1) is 16.1. The van der Waals surface area contributed by atoms with E-state index in [1.54, 1.807) is 25.4 Å². The second-order valence-electron chi connectivity index (χ2n) is 6.18. The molecular formula is C17H17N3O4S. The van der Waals surface area contributed by atoms with Gasteiger partial charge in [-0.1, -0.05) is 12.1 Å².